The zero-order valence-corrected chi connectivity index (χ0v) is 13.7. The first-order valence-corrected chi connectivity index (χ1v) is 8.03. The third-order valence-electron chi connectivity index (χ3n) is 4.61. The van der Waals surface area contributed by atoms with Gasteiger partial charge >= 0.3 is 6.16 Å². The first-order valence-electron chi connectivity index (χ1n) is 8.03. The highest BCUT2D eigenvalue weighted by atomic mass is 16.7. The molecule has 0 saturated heterocycles. The number of ether oxygens (including phenoxy) is 3. The van der Waals surface area contributed by atoms with E-state index in [0.717, 1.165) is 38.1 Å². The predicted octanol–water partition coefficient (Wildman–Crippen LogP) is 3.10. The van der Waals surface area contributed by atoms with Gasteiger partial charge in [-0.15, -0.1) is 0 Å². The van der Waals surface area contributed by atoms with Crippen molar-refractivity contribution >= 4 is 6.16 Å². The number of hydrogen-bond acceptors (Lipinski definition) is 5. The molecule has 1 heterocycles. The highest BCUT2D eigenvalue weighted by molar-refractivity contribution is 5.61. The monoisotopic (exact) mass is 317 g/mol. The zero-order valence-electron chi connectivity index (χ0n) is 13.7. The van der Waals surface area contributed by atoms with E-state index in [9.17, 15) is 4.79 Å². The maximum Gasteiger partial charge on any atom is 0.513 e. The molecule has 3 rings (SSSR count). The van der Waals surface area contributed by atoms with E-state index in [1.165, 1.54) is 18.2 Å². The lowest BCUT2D eigenvalue weighted by Crippen LogP contribution is -2.34. The Kier molecular flexibility index (Phi) is 4.86. The number of nitrogens with zero attached hydrogens (tertiary/aromatic N) is 1. The van der Waals surface area contributed by atoms with Gasteiger partial charge in [0.25, 0.3) is 0 Å². The number of carbonyl (C=O) groups excluding carboxylic acids is 1. The molecular weight excluding hydrogens is 294 g/mol. The molecule has 1 atom stereocenters. The third kappa shape index (κ3) is 3.67. The number of hydrogen-bond donors (Lipinski definition) is 0. The average Bonchev–Trinajstić information content (AvgIpc) is 2.97. The Bertz CT molecular complexity index is 611. The van der Waals surface area contributed by atoms with Gasteiger partial charge in [0.05, 0.1) is 20.8 Å². The number of rotatable bonds is 4. The molecule has 1 aliphatic carbocycles. The number of aryl methyl sites for hydroxylation is 1. The SMILES string of the molecule is COC(=O)OC1=CCCN(CC2CCc3ccc(OC)cc32)C1. The van der Waals surface area contributed by atoms with Crippen LogP contribution in [0.15, 0.2) is 30.0 Å². The van der Waals surface area contributed by atoms with Crippen molar-refractivity contribution in [1.29, 1.82) is 0 Å². The van der Waals surface area contributed by atoms with Gasteiger partial charge in [0, 0.05) is 13.1 Å². The molecule has 5 heteroatoms. The molecule has 0 bridgehead atoms. The van der Waals surface area contributed by atoms with Gasteiger partial charge in [0.2, 0.25) is 0 Å². The molecule has 0 aromatic heterocycles. The molecule has 0 fully saturated rings. The Morgan fingerprint density at radius 3 is 3.00 bits per heavy atom. The minimum Gasteiger partial charge on any atom is -0.497 e. The molecule has 0 amide bonds. The van der Waals surface area contributed by atoms with Gasteiger partial charge in [-0.1, -0.05) is 6.07 Å². The van der Waals surface area contributed by atoms with Gasteiger partial charge in [-0.05, 0) is 54.5 Å². The fourth-order valence-electron chi connectivity index (χ4n) is 3.44. The van der Waals surface area contributed by atoms with Gasteiger partial charge < -0.3 is 14.2 Å². The van der Waals surface area contributed by atoms with Crippen LogP contribution in [0.3, 0.4) is 0 Å². The van der Waals surface area contributed by atoms with Crippen LogP contribution in [0.1, 0.15) is 29.9 Å². The topological polar surface area (TPSA) is 48.0 Å². The van der Waals surface area contributed by atoms with Crippen LogP contribution in [0.5, 0.6) is 5.75 Å². The Morgan fingerprint density at radius 2 is 2.22 bits per heavy atom. The minimum absolute atomic E-state index is 0.512. The largest absolute Gasteiger partial charge is 0.513 e. The van der Waals surface area contributed by atoms with E-state index in [0.29, 0.717) is 18.2 Å². The molecule has 0 saturated carbocycles. The van der Waals surface area contributed by atoms with Gasteiger partial charge in [-0.2, -0.15) is 0 Å². The Balaban J connectivity index is 1.63. The molecule has 23 heavy (non-hydrogen) atoms. The summed E-state index contributed by atoms with van der Waals surface area (Å²) in [5.74, 6) is 2.12. The van der Waals surface area contributed by atoms with Gasteiger partial charge in [0.15, 0.2) is 0 Å². The van der Waals surface area contributed by atoms with Crippen molar-refractivity contribution < 1.29 is 19.0 Å². The van der Waals surface area contributed by atoms with Crippen LogP contribution < -0.4 is 4.74 Å². The Hall–Kier alpha value is -2.01. The molecule has 5 nitrogen and oxygen atoms in total. The van der Waals surface area contributed by atoms with Gasteiger partial charge in [-0.25, -0.2) is 4.79 Å². The van der Waals surface area contributed by atoms with Crippen molar-refractivity contribution in [1.82, 2.24) is 4.90 Å². The summed E-state index contributed by atoms with van der Waals surface area (Å²) in [6.45, 7) is 2.62. The molecule has 1 aliphatic heterocycles. The summed E-state index contributed by atoms with van der Waals surface area (Å²) in [6, 6.07) is 6.38. The summed E-state index contributed by atoms with van der Waals surface area (Å²) in [4.78, 5) is 13.6. The Labute approximate surface area is 136 Å². The predicted molar refractivity (Wildman–Crippen MR) is 86.7 cm³/mol. The lowest BCUT2D eigenvalue weighted by Gasteiger charge is -2.29. The van der Waals surface area contributed by atoms with Crippen LogP contribution in [0.2, 0.25) is 0 Å². The summed E-state index contributed by atoms with van der Waals surface area (Å²) in [5, 5.41) is 0. The summed E-state index contributed by atoms with van der Waals surface area (Å²) >= 11 is 0. The van der Waals surface area contributed by atoms with E-state index in [1.54, 1.807) is 7.11 Å². The second kappa shape index (κ2) is 7.04. The second-order valence-electron chi connectivity index (χ2n) is 6.05. The number of fused-ring (bicyclic) bond motifs is 1. The van der Waals surface area contributed by atoms with Crippen molar-refractivity contribution in [3.05, 3.63) is 41.2 Å². The molecule has 124 valence electrons. The van der Waals surface area contributed by atoms with Crippen molar-refractivity contribution in [3.8, 4) is 5.75 Å². The highest BCUT2D eigenvalue weighted by Gasteiger charge is 2.26. The van der Waals surface area contributed by atoms with Crippen molar-refractivity contribution in [2.24, 2.45) is 0 Å². The van der Waals surface area contributed by atoms with E-state index in [1.807, 2.05) is 12.1 Å². The van der Waals surface area contributed by atoms with Crippen LogP contribution in [0.25, 0.3) is 0 Å². The van der Waals surface area contributed by atoms with Crippen LogP contribution in [0, 0.1) is 0 Å². The average molecular weight is 317 g/mol. The molecular formula is C18H23NO4. The van der Waals surface area contributed by atoms with Crippen LogP contribution >= 0.6 is 0 Å². The van der Waals surface area contributed by atoms with Crippen molar-refractivity contribution in [2.75, 3.05) is 33.9 Å². The quantitative estimate of drug-likeness (QED) is 0.799. The van der Waals surface area contributed by atoms with Crippen molar-refractivity contribution in [3.63, 3.8) is 0 Å². The lowest BCUT2D eigenvalue weighted by atomic mass is 9.99. The third-order valence-corrected chi connectivity index (χ3v) is 4.61. The first-order chi connectivity index (χ1) is 11.2. The van der Waals surface area contributed by atoms with E-state index >= 15 is 0 Å². The van der Waals surface area contributed by atoms with Crippen LogP contribution in [0.4, 0.5) is 4.79 Å². The van der Waals surface area contributed by atoms with Gasteiger partial charge in [0.1, 0.15) is 11.5 Å². The van der Waals surface area contributed by atoms with Crippen molar-refractivity contribution in [2.45, 2.75) is 25.2 Å². The fraction of sp³-hybridized carbons (Fsp3) is 0.500. The summed E-state index contributed by atoms with van der Waals surface area (Å²) in [6.07, 6.45) is 4.51. The normalized spacial score (nSPS) is 20.6. The number of methoxy groups -OCH3 is 2. The highest BCUT2D eigenvalue weighted by Crippen LogP contribution is 2.36. The minimum atomic E-state index is -0.644. The molecule has 0 N–H and O–H groups in total. The van der Waals surface area contributed by atoms with E-state index in [2.05, 4.69) is 21.8 Å². The maximum absolute atomic E-state index is 11.2. The lowest BCUT2D eigenvalue weighted by molar-refractivity contribution is 0.0867. The van der Waals surface area contributed by atoms with E-state index in [4.69, 9.17) is 9.47 Å². The molecule has 1 aromatic carbocycles. The summed E-state index contributed by atoms with van der Waals surface area (Å²) < 4.78 is 15.1. The maximum atomic E-state index is 11.2. The van der Waals surface area contributed by atoms with Crippen LogP contribution in [-0.2, 0) is 15.9 Å². The summed E-state index contributed by atoms with van der Waals surface area (Å²) in [7, 11) is 3.03. The Morgan fingerprint density at radius 1 is 1.35 bits per heavy atom. The second-order valence-corrected chi connectivity index (χ2v) is 6.05. The molecule has 0 spiro atoms. The molecule has 2 aliphatic rings. The molecule has 1 aromatic rings. The standard InChI is InChI=1S/C18H23NO4/c1-21-15-8-7-13-5-6-14(17(13)10-15)11-19-9-3-4-16(12-19)23-18(20)22-2/h4,7-8,10,14H,3,5-6,9,11-12H2,1-2H3. The van der Waals surface area contributed by atoms with Crippen LogP contribution in [-0.4, -0.2) is 44.9 Å². The number of carbonyl (C=O) groups is 1. The fourth-order valence-corrected chi connectivity index (χ4v) is 3.44. The zero-order chi connectivity index (χ0) is 16.2. The van der Waals surface area contributed by atoms with Gasteiger partial charge in [-0.3, -0.25) is 4.90 Å². The summed E-state index contributed by atoms with van der Waals surface area (Å²) in [5.41, 5.74) is 2.82. The smallest absolute Gasteiger partial charge is 0.497 e. The van der Waals surface area contributed by atoms with E-state index < -0.39 is 6.16 Å². The number of benzene rings is 1. The molecule has 0 radical (unpaired) electrons. The first kappa shape index (κ1) is 15.9. The molecule has 1 unspecified atom stereocenters. The van der Waals surface area contributed by atoms with E-state index in [-0.39, 0.29) is 0 Å².